The number of fused-ring (bicyclic) bond motifs is 1. The number of nitrogens with zero attached hydrogens (tertiary/aromatic N) is 1. The molecule has 31 heavy (non-hydrogen) atoms. The lowest BCUT2D eigenvalue weighted by molar-refractivity contribution is -0.118. The van der Waals surface area contributed by atoms with Gasteiger partial charge in [0.25, 0.3) is 5.91 Å². The first-order valence-corrected chi connectivity index (χ1v) is 10.3. The molecule has 1 heterocycles. The van der Waals surface area contributed by atoms with Gasteiger partial charge in [-0.1, -0.05) is 30.3 Å². The molecule has 4 rings (SSSR count). The Kier molecular flexibility index (Phi) is 6.45. The molecule has 3 aromatic rings. The lowest BCUT2D eigenvalue weighted by atomic mass is 10.1. The highest BCUT2D eigenvalue weighted by Gasteiger charge is 2.21. The molecular formula is C24H25N3O4. The maximum Gasteiger partial charge on any atom is 0.252 e. The molecule has 0 aromatic heterocycles. The van der Waals surface area contributed by atoms with Crippen LogP contribution in [-0.4, -0.2) is 55.9 Å². The zero-order valence-corrected chi connectivity index (χ0v) is 17.1. The molecule has 0 aliphatic carbocycles. The number of benzene rings is 3. The number of morpholine rings is 1. The average molecular weight is 419 g/mol. The van der Waals surface area contributed by atoms with Gasteiger partial charge in [-0.25, -0.2) is 0 Å². The van der Waals surface area contributed by atoms with Crippen molar-refractivity contribution < 1.29 is 19.4 Å². The van der Waals surface area contributed by atoms with Gasteiger partial charge < -0.3 is 25.4 Å². The van der Waals surface area contributed by atoms with Gasteiger partial charge in [0.15, 0.2) is 0 Å². The minimum absolute atomic E-state index is 0.414. The number of amides is 2. The highest BCUT2D eigenvalue weighted by Crippen LogP contribution is 2.19. The van der Waals surface area contributed by atoms with Crippen molar-refractivity contribution in [3.63, 3.8) is 0 Å². The van der Waals surface area contributed by atoms with Crippen LogP contribution in [0.1, 0.15) is 10.4 Å². The Morgan fingerprint density at radius 1 is 0.968 bits per heavy atom. The van der Waals surface area contributed by atoms with Gasteiger partial charge >= 0.3 is 0 Å². The first kappa shape index (κ1) is 20.8. The summed E-state index contributed by atoms with van der Waals surface area (Å²) in [5, 5.41) is 17.0. The largest absolute Gasteiger partial charge is 0.394 e. The zero-order valence-electron chi connectivity index (χ0n) is 17.1. The summed E-state index contributed by atoms with van der Waals surface area (Å²) in [4.78, 5) is 27.4. The summed E-state index contributed by atoms with van der Waals surface area (Å²) in [6.45, 7) is 2.57. The lowest BCUT2D eigenvalue weighted by Crippen LogP contribution is -2.46. The summed E-state index contributed by atoms with van der Waals surface area (Å²) >= 11 is 0. The maximum absolute atomic E-state index is 12.6. The standard InChI is InChI=1S/C24H25N3O4/c28-16-22(26-23(29)19-6-5-17-3-1-2-4-18(17)15-19)24(30)25-20-7-9-21(10-8-20)27-11-13-31-14-12-27/h1-10,15,22,28H,11-14,16H2,(H,25,30)(H,26,29)/t22-/m0/s1. The van der Waals surface area contributed by atoms with Crippen molar-refractivity contribution in [3.05, 3.63) is 72.3 Å². The second-order valence-corrected chi connectivity index (χ2v) is 7.41. The van der Waals surface area contributed by atoms with E-state index in [9.17, 15) is 14.7 Å². The van der Waals surface area contributed by atoms with E-state index in [-0.39, 0.29) is 0 Å². The molecule has 7 nitrogen and oxygen atoms in total. The molecule has 7 heteroatoms. The van der Waals surface area contributed by atoms with Crippen molar-refractivity contribution in [2.24, 2.45) is 0 Å². The zero-order chi connectivity index (χ0) is 21.6. The average Bonchev–Trinajstić information content (AvgIpc) is 2.83. The topological polar surface area (TPSA) is 90.9 Å². The first-order chi connectivity index (χ1) is 15.1. The van der Waals surface area contributed by atoms with Gasteiger partial charge in [-0.15, -0.1) is 0 Å². The van der Waals surface area contributed by atoms with E-state index in [0.717, 1.165) is 29.5 Å². The number of hydrogen-bond donors (Lipinski definition) is 3. The van der Waals surface area contributed by atoms with Crippen LogP contribution in [0.4, 0.5) is 11.4 Å². The van der Waals surface area contributed by atoms with Crippen LogP contribution in [0.15, 0.2) is 66.7 Å². The smallest absolute Gasteiger partial charge is 0.252 e. The molecule has 0 radical (unpaired) electrons. The molecule has 3 N–H and O–H groups in total. The van der Waals surface area contributed by atoms with Gasteiger partial charge in [-0.2, -0.15) is 0 Å². The fourth-order valence-electron chi connectivity index (χ4n) is 3.57. The van der Waals surface area contributed by atoms with Gasteiger partial charge in [0.1, 0.15) is 6.04 Å². The number of hydrogen-bond acceptors (Lipinski definition) is 5. The van der Waals surface area contributed by atoms with E-state index < -0.39 is 24.5 Å². The minimum atomic E-state index is -1.06. The van der Waals surface area contributed by atoms with Crippen LogP contribution in [0.5, 0.6) is 0 Å². The first-order valence-electron chi connectivity index (χ1n) is 10.3. The molecule has 1 fully saturated rings. The summed E-state index contributed by atoms with van der Waals surface area (Å²) in [5.41, 5.74) is 2.09. The summed E-state index contributed by atoms with van der Waals surface area (Å²) < 4.78 is 5.36. The van der Waals surface area contributed by atoms with Crippen LogP contribution in [0.25, 0.3) is 10.8 Å². The Hall–Kier alpha value is -3.42. The Balaban J connectivity index is 1.38. The Morgan fingerprint density at radius 3 is 2.39 bits per heavy atom. The number of nitrogens with one attached hydrogen (secondary N) is 2. The molecule has 0 bridgehead atoms. The molecule has 1 aliphatic rings. The number of rotatable bonds is 6. The Morgan fingerprint density at radius 2 is 1.68 bits per heavy atom. The number of ether oxygens (including phenoxy) is 1. The molecule has 160 valence electrons. The summed E-state index contributed by atoms with van der Waals surface area (Å²) in [6.07, 6.45) is 0. The predicted molar refractivity (Wildman–Crippen MR) is 120 cm³/mol. The number of carbonyl (C=O) groups is 2. The third-order valence-electron chi connectivity index (χ3n) is 5.33. The van der Waals surface area contributed by atoms with E-state index in [1.807, 2.05) is 54.6 Å². The number of aliphatic hydroxyl groups is 1. The van der Waals surface area contributed by atoms with Crippen molar-refractivity contribution in [2.45, 2.75) is 6.04 Å². The summed E-state index contributed by atoms with van der Waals surface area (Å²) in [5.74, 6) is -0.890. The van der Waals surface area contributed by atoms with Gasteiger partial charge in [0.2, 0.25) is 5.91 Å². The quantitative estimate of drug-likeness (QED) is 0.571. The van der Waals surface area contributed by atoms with Crippen molar-refractivity contribution in [3.8, 4) is 0 Å². The molecular weight excluding hydrogens is 394 g/mol. The highest BCUT2D eigenvalue weighted by molar-refractivity contribution is 6.03. The molecule has 1 saturated heterocycles. The van der Waals surface area contributed by atoms with Crippen molar-refractivity contribution in [2.75, 3.05) is 43.1 Å². The van der Waals surface area contributed by atoms with E-state index >= 15 is 0 Å². The van der Waals surface area contributed by atoms with Crippen LogP contribution < -0.4 is 15.5 Å². The lowest BCUT2D eigenvalue weighted by Gasteiger charge is -2.29. The normalized spacial score (nSPS) is 14.8. The summed E-state index contributed by atoms with van der Waals surface area (Å²) in [7, 11) is 0. The molecule has 0 unspecified atom stereocenters. The van der Waals surface area contributed by atoms with Crippen molar-refractivity contribution in [1.29, 1.82) is 0 Å². The van der Waals surface area contributed by atoms with Crippen LogP contribution in [-0.2, 0) is 9.53 Å². The van der Waals surface area contributed by atoms with Gasteiger partial charge in [-0.05, 0) is 47.2 Å². The molecule has 3 aromatic carbocycles. The molecule has 0 saturated carbocycles. The Bertz CT molecular complexity index is 1060. The fraction of sp³-hybridized carbons (Fsp3) is 0.250. The van der Waals surface area contributed by atoms with Crippen LogP contribution >= 0.6 is 0 Å². The van der Waals surface area contributed by atoms with Crippen LogP contribution in [0.2, 0.25) is 0 Å². The highest BCUT2D eigenvalue weighted by atomic mass is 16.5. The summed E-state index contributed by atoms with van der Waals surface area (Å²) in [6, 6.07) is 19.5. The van der Waals surface area contributed by atoms with Gasteiger partial charge in [0, 0.05) is 30.0 Å². The minimum Gasteiger partial charge on any atom is -0.394 e. The third-order valence-corrected chi connectivity index (χ3v) is 5.33. The second-order valence-electron chi connectivity index (χ2n) is 7.41. The van der Waals surface area contributed by atoms with Crippen molar-refractivity contribution >= 4 is 34.0 Å². The van der Waals surface area contributed by atoms with Crippen molar-refractivity contribution in [1.82, 2.24) is 5.32 Å². The third kappa shape index (κ3) is 5.02. The monoisotopic (exact) mass is 419 g/mol. The SMILES string of the molecule is O=C(N[C@@H](CO)C(=O)Nc1ccc(N2CCOCC2)cc1)c1ccc2ccccc2c1. The molecule has 0 spiro atoms. The predicted octanol–water partition coefficient (Wildman–Crippen LogP) is 2.41. The number of aliphatic hydroxyl groups excluding tert-OH is 1. The Labute approximate surface area is 180 Å². The van der Waals surface area contributed by atoms with E-state index in [4.69, 9.17) is 4.74 Å². The molecule has 1 aliphatic heterocycles. The van der Waals surface area contributed by atoms with Crippen LogP contribution in [0.3, 0.4) is 0 Å². The van der Waals surface area contributed by atoms with E-state index in [1.54, 1.807) is 12.1 Å². The fourth-order valence-corrected chi connectivity index (χ4v) is 3.57. The number of anilines is 2. The maximum atomic E-state index is 12.6. The number of carbonyl (C=O) groups excluding carboxylic acids is 2. The van der Waals surface area contributed by atoms with Crippen LogP contribution in [0, 0.1) is 0 Å². The van der Waals surface area contributed by atoms with E-state index in [0.29, 0.717) is 24.5 Å². The molecule has 2 amide bonds. The van der Waals surface area contributed by atoms with E-state index in [1.165, 1.54) is 0 Å². The second kappa shape index (κ2) is 9.59. The van der Waals surface area contributed by atoms with E-state index in [2.05, 4.69) is 15.5 Å². The van der Waals surface area contributed by atoms with Gasteiger partial charge in [-0.3, -0.25) is 9.59 Å². The molecule has 1 atom stereocenters. The van der Waals surface area contributed by atoms with Gasteiger partial charge in [0.05, 0.1) is 19.8 Å².